The monoisotopic (exact) mass is 230 g/mol. The highest BCUT2D eigenvalue weighted by Gasteiger charge is 2.19. The van der Waals surface area contributed by atoms with Crippen molar-refractivity contribution in [1.29, 1.82) is 0 Å². The first-order valence-electron chi connectivity index (χ1n) is 6.95. The second-order valence-corrected chi connectivity index (χ2v) is 5.42. The molecule has 1 aliphatic heterocycles. The molecule has 1 fully saturated rings. The Balaban J connectivity index is 1.46. The van der Waals surface area contributed by atoms with Crippen LogP contribution in [0.5, 0.6) is 0 Å². The largest absolute Gasteiger partial charge is 0.314 e. The third-order valence-corrected chi connectivity index (χ3v) is 4.20. The highest BCUT2D eigenvalue weighted by Crippen LogP contribution is 2.19. The zero-order valence-electron chi connectivity index (χ0n) is 10.4. The van der Waals surface area contributed by atoms with Crippen LogP contribution in [0.15, 0.2) is 24.3 Å². The minimum absolute atomic E-state index is 0.664. The molecule has 1 aromatic carbocycles. The number of benzene rings is 1. The van der Waals surface area contributed by atoms with Crippen molar-refractivity contribution in [2.75, 3.05) is 6.54 Å². The van der Waals surface area contributed by atoms with E-state index in [1.165, 1.54) is 44.2 Å². The van der Waals surface area contributed by atoms with Crippen LogP contribution in [0, 0.1) is 0 Å². The van der Waals surface area contributed by atoms with Crippen LogP contribution in [0.2, 0.25) is 0 Å². The van der Waals surface area contributed by atoms with Crippen LogP contribution < -0.4 is 10.6 Å². The van der Waals surface area contributed by atoms with Crippen molar-refractivity contribution in [2.45, 2.75) is 50.7 Å². The van der Waals surface area contributed by atoms with E-state index in [0.29, 0.717) is 6.04 Å². The van der Waals surface area contributed by atoms with Crippen LogP contribution in [0.1, 0.15) is 36.8 Å². The number of fused-ring (bicyclic) bond motifs is 1. The quantitative estimate of drug-likeness (QED) is 0.829. The van der Waals surface area contributed by atoms with Gasteiger partial charge in [0.1, 0.15) is 0 Å². The summed E-state index contributed by atoms with van der Waals surface area (Å²) in [5.41, 5.74) is 3.02. The number of nitrogens with one attached hydrogen (secondary N) is 2. The molecule has 1 atom stereocenters. The first-order valence-corrected chi connectivity index (χ1v) is 6.95. The van der Waals surface area contributed by atoms with Crippen molar-refractivity contribution in [3.63, 3.8) is 0 Å². The molecule has 3 rings (SSSR count). The predicted molar refractivity (Wildman–Crippen MR) is 71.0 cm³/mol. The number of hydrogen-bond acceptors (Lipinski definition) is 2. The topological polar surface area (TPSA) is 24.1 Å². The molecule has 0 amide bonds. The fraction of sp³-hybridized carbons (Fsp3) is 0.600. The highest BCUT2D eigenvalue weighted by molar-refractivity contribution is 5.29. The van der Waals surface area contributed by atoms with Gasteiger partial charge in [-0.05, 0) is 43.4 Å². The molecule has 2 nitrogen and oxygen atoms in total. The molecule has 2 heteroatoms. The molecule has 17 heavy (non-hydrogen) atoms. The van der Waals surface area contributed by atoms with Crippen molar-refractivity contribution in [1.82, 2.24) is 10.6 Å². The van der Waals surface area contributed by atoms with Gasteiger partial charge in [0.2, 0.25) is 0 Å². The van der Waals surface area contributed by atoms with Crippen molar-refractivity contribution >= 4 is 0 Å². The van der Waals surface area contributed by atoms with E-state index in [4.69, 9.17) is 0 Å². The summed E-state index contributed by atoms with van der Waals surface area (Å²) in [5, 5.41) is 7.30. The third kappa shape index (κ3) is 2.70. The van der Waals surface area contributed by atoms with E-state index in [-0.39, 0.29) is 0 Å². The summed E-state index contributed by atoms with van der Waals surface area (Å²) in [4.78, 5) is 0. The number of hydrogen-bond donors (Lipinski definition) is 2. The normalized spacial score (nSPS) is 24.1. The Bertz CT molecular complexity index is 371. The van der Waals surface area contributed by atoms with Crippen molar-refractivity contribution in [2.24, 2.45) is 0 Å². The summed E-state index contributed by atoms with van der Waals surface area (Å²) in [6.45, 7) is 2.22. The molecular weight excluding hydrogens is 208 g/mol. The summed E-state index contributed by atoms with van der Waals surface area (Å²) in [6.07, 6.45) is 6.65. The lowest BCUT2D eigenvalue weighted by Crippen LogP contribution is -2.41. The molecule has 1 aliphatic carbocycles. The van der Waals surface area contributed by atoms with Gasteiger partial charge >= 0.3 is 0 Å². The van der Waals surface area contributed by atoms with Crippen LogP contribution in [0.4, 0.5) is 0 Å². The summed E-state index contributed by atoms with van der Waals surface area (Å²) in [7, 11) is 0. The Kier molecular flexibility index (Phi) is 3.44. The van der Waals surface area contributed by atoms with E-state index in [0.717, 1.165) is 12.6 Å². The molecule has 0 saturated heterocycles. The molecule has 0 aromatic heterocycles. The van der Waals surface area contributed by atoms with Crippen LogP contribution >= 0.6 is 0 Å². The molecule has 0 radical (unpaired) electrons. The summed E-state index contributed by atoms with van der Waals surface area (Å²) >= 11 is 0. The van der Waals surface area contributed by atoms with E-state index in [9.17, 15) is 0 Å². The molecule has 1 aromatic rings. The highest BCUT2D eigenvalue weighted by atomic mass is 15.0. The Morgan fingerprint density at radius 3 is 2.76 bits per heavy atom. The average Bonchev–Trinajstić information content (AvgIpc) is 2.32. The van der Waals surface area contributed by atoms with Gasteiger partial charge in [0.15, 0.2) is 0 Å². The van der Waals surface area contributed by atoms with Gasteiger partial charge < -0.3 is 10.6 Å². The molecule has 1 saturated carbocycles. The Labute approximate surface area is 104 Å². The van der Waals surface area contributed by atoms with Gasteiger partial charge in [0.25, 0.3) is 0 Å². The SMILES string of the molecule is c1ccc2c(c1)CNC(CCNC1CCC1)C2. The molecule has 92 valence electrons. The second-order valence-electron chi connectivity index (χ2n) is 5.42. The van der Waals surface area contributed by atoms with Gasteiger partial charge in [-0.15, -0.1) is 0 Å². The van der Waals surface area contributed by atoms with Crippen molar-refractivity contribution in [3.8, 4) is 0 Å². The van der Waals surface area contributed by atoms with E-state index < -0.39 is 0 Å². The molecule has 0 spiro atoms. The van der Waals surface area contributed by atoms with Gasteiger partial charge in [-0.3, -0.25) is 0 Å². The van der Waals surface area contributed by atoms with Crippen LogP contribution in [-0.2, 0) is 13.0 Å². The fourth-order valence-corrected chi connectivity index (χ4v) is 2.80. The molecule has 0 bridgehead atoms. The lowest BCUT2D eigenvalue weighted by molar-refractivity contribution is 0.326. The molecule has 2 N–H and O–H groups in total. The average molecular weight is 230 g/mol. The van der Waals surface area contributed by atoms with Gasteiger partial charge in [-0.25, -0.2) is 0 Å². The third-order valence-electron chi connectivity index (χ3n) is 4.20. The fourth-order valence-electron chi connectivity index (χ4n) is 2.80. The van der Waals surface area contributed by atoms with Gasteiger partial charge in [0, 0.05) is 18.6 Å². The van der Waals surface area contributed by atoms with Crippen molar-refractivity contribution < 1.29 is 0 Å². The van der Waals surface area contributed by atoms with Crippen LogP contribution in [-0.4, -0.2) is 18.6 Å². The first-order chi connectivity index (χ1) is 8.42. The Hall–Kier alpha value is -0.860. The molecular formula is C15H22N2. The van der Waals surface area contributed by atoms with E-state index in [1.807, 2.05) is 0 Å². The molecule has 2 aliphatic rings. The van der Waals surface area contributed by atoms with Crippen molar-refractivity contribution in [3.05, 3.63) is 35.4 Å². The Morgan fingerprint density at radius 2 is 2.00 bits per heavy atom. The second kappa shape index (κ2) is 5.19. The summed E-state index contributed by atoms with van der Waals surface area (Å²) in [5.74, 6) is 0. The van der Waals surface area contributed by atoms with Gasteiger partial charge in [-0.2, -0.15) is 0 Å². The van der Waals surface area contributed by atoms with Crippen LogP contribution in [0.25, 0.3) is 0 Å². The zero-order valence-corrected chi connectivity index (χ0v) is 10.4. The summed E-state index contributed by atoms with van der Waals surface area (Å²) in [6, 6.07) is 10.3. The van der Waals surface area contributed by atoms with E-state index >= 15 is 0 Å². The van der Waals surface area contributed by atoms with E-state index in [2.05, 4.69) is 34.9 Å². The standard InChI is InChI=1S/C15H22N2/c1-2-5-13-11-17-15(10-12(13)4-1)8-9-16-14-6-3-7-14/h1-2,4-5,14-17H,3,6-11H2. The minimum atomic E-state index is 0.664. The zero-order chi connectivity index (χ0) is 11.5. The van der Waals surface area contributed by atoms with E-state index in [1.54, 1.807) is 5.56 Å². The van der Waals surface area contributed by atoms with Crippen LogP contribution in [0.3, 0.4) is 0 Å². The molecule has 1 heterocycles. The minimum Gasteiger partial charge on any atom is -0.314 e. The maximum atomic E-state index is 3.65. The smallest absolute Gasteiger partial charge is 0.0210 e. The van der Waals surface area contributed by atoms with Gasteiger partial charge in [-0.1, -0.05) is 30.7 Å². The molecule has 1 unspecified atom stereocenters. The lowest BCUT2D eigenvalue weighted by Gasteiger charge is -2.29. The Morgan fingerprint density at radius 1 is 1.18 bits per heavy atom. The first kappa shape index (κ1) is 11.2. The maximum absolute atomic E-state index is 3.65. The predicted octanol–water partition coefficient (Wildman–Crippen LogP) is 2.23. The van der Waals surface area contributed by atoms with Gasteiger partial charge in [0.05, 0.1) is 0 Å². The number of rotatable bonds is 4. The maximum Gasteiger partial charge on any atom is 0.0210 e. The lowest BCUT2D eigenvalue weighted by atomic mass is 9.92. The summed E-state index contributed by atoms with van der Waals surface area (Å²) < 4.78 is 0.